The van der Waals surface area contributed by atoms with Crippen molar-refractivity contribution in [3.63, 3.8) is 0 Å². The molecule has 2 N–H and O–H groups in total. The summed E-state index contributed by atoms with van der Waals surface area (Å²) in [5.41, 5.74) is 2.54. The molecule has 0 fully saturated rings. The van der Waals surface area contributed by atoms with Gasteiger partial charge in [0.2, 0.25) is 0 Å². The number of hydrogen-bond acceptors (Lipinski definition) is 2. The van der Waals surface area contributed by atoms with Gasteiger partial charge in [0.1, 0.15) is 0 Å². The SMILES string of the molecule is CC(CNC(=O)c1n[nH]c2ccccc12)c1ccccc1. The first-order valence-electron chi connectivity index (χ1n) is 7.02. The lowest BCUT2D eigenvalue weighted by Gasteiger charge is -2.12. The number of aromatic amines is 1. The van der Waals surface area contributed by atoms with Crippen molar-refractivity contribution in [1.29, 1.82) is 0 Å². The number of benzene rings is 2. The number of nitrogens with zero attached hydrogens (tertiary/aromatic N) is 1. The van der Waals surface area contributed by atoms with Gasteiger partial charge in [0, 0.05) is 11.9 Å². The maximum absolute atomic E-state index is 12.3. The molecular weight excluding hydrogens is 262 g/mol. The Morgan fingerprint density at radius 1 is 1.14 bits per heavy atom. The second kappa shape index (κ2) is 5.79. The molecule has 4 nitrogen and oxygen atoms in total. The maximum Gasteiger partial charge on any atom is 0.272 e. The van der Waals surface area contributed by atoms with E-state index in [9.17, 15) is 4.79 Å². The highest BCUT2D eigenvalue weighted by molar-refractivity contribution is 6.04. The van der Waals surface area contributed by atoms with Crippen molar-refractivity contribution in [3.8, 4) is 0 Å². The normalized spacial score (nSPS) is 12.2. The zero-order chi connectivity index (χ0) is 14.7. The number of carbonyl (C=O) groups excluding carboxylic acids is 1. The topological polar surface area (TPSA) is 57.8 Å². The van der Waals surface area contributed by atoms with Crippen molar-refractivity contribution in [1.82, 2.24) is 15.5 Å². The molecule has 1 amide bonds. The Morgan fingerprint density at radius 2 is 1.86 bits per heavy atom. The van der Waals surface area contributed by atoms with E-state index in [1.54, 1.807) is 0 Å². The summed E-state index contributed by atoms with van der Waals surface area (Å²) in [4.78, 5) is 12.3. The number of carbonyl (C=O) groups is 1. The van der Waals surface area contributed by atoms with E-state index in [1.165, 1.54) is 5.56 Å². The van der Waals surface area contributed by atoms with Crippen molar-refractivity contribution in [3.05, 3.63) is 65.9 Å². The lowest BCUT2D eigenvalue weighted by atomic mass is 10.0. The summed E-state index contributed by atoms with van der Waals surface area (Å²) < 4.78 is 0. The molecule has 1 unspecified atom stereocenters. The van der Waals surface area contributed by atoms with Crippen LogP contribution in [0.3, 0.4) is 0 Å². The van der Waals surface area contributed by atoms with Gasteiger partial charge in [-0.05, 0) is 17.5 Å². The Balaban J connectivity index is 1.70. The molecule has 1 atom stereocenters. The summed E-state index contributed by atoms with van der Waals surface area (Å²) in [6, 6.07) is 17.8. The molecule has 3 aromatic rings. The second-order valence-corrected chi connectivity index (χ2v) is 5.14. The number of rotatable bonds is 4. The molecule has 0 spiro atoms. The van der Waals surface area contributed by atoms with E-state index in [4.69, 9.17) is 0 Å². The smallest absolute Gasteiger partial charge is 0.272 e. The Morgan fingerprint density at radius 3 is 2.67 bits per heavy atom. The van der Waals surface area contributed by atoms with Gasteiger partial charge in [0.25, 0.3) is 5.91 Å². The standard InChI is InChI=1S/C17H17N3O/c1-12(13-7-3-2-4-8-13)11-18-17(21)16-14-9-5-6-10-15(14)19-20-16/h2-10,12H,11H2,1H3,(H,18,21)(H,19,20). The van der Waals surface area contributed by atoms with Gasteiger partial charge in [0.15, 0.2) is 5.69 Å². The van der Waals surface area contributed by atoms with Crippen molar-refractivity contribution >= 4 is 16.8 Å². The molecule has 0 saturated carbocycles. The predicted molar refractivity (Wildman–Crippen MR) is 83.3 cm³/mol. The predicted octanol–water partition coefficient (Wildman–Crippen LogP) is 3.10. The molecule has 1 aromatic heterocycles. The zero-order valence-electron chi connectivity index (χ0n) is 11.8. The van der Waals surface area contributed by atoms with E-state index in [-0.39, 0.29) is 11.8 Å². The molecule has 21 heavy (non-hydrogen) atoms. The van der Waals surface area contributed by atoms with Gasteiger partial charge in [-0.15, -0.1) is 0 Å². The third-order valence-electron chi connectivity index (χ3n) is 3.62. The average molecular weight is 279 g/mol. The van der Waals surface area contributed by atoms with Crippen molar-refractivity contribution in [2.24, 2.45) is 0 Å². The van der Waals surface area contributed by atoms with Crippen LogP contribution in [0.25, 0.3) is 10.9 Å². The van der Waals surface area contributed by atoms with Gasteiger partial charge in [-0.3, -0.25) is 9.89 Å². The van der Waals surface area contributed by atoms with Crippen LogP contribution in [0.4, 0.5) is 0 Å². The average Bonchev–Trinajstić information content (AvgIpc) is 2.97. The number of nitrogens with one attached hydrogen (secondary N) is 2. The Bertz CT molecular complexity index is 749. The summed E-state index contributed by atoms with van der Waals surface area (Å²) in [5.74, 6) is 0.121. The number of fused-ring (bicyclic) bond motifs is 1. The highest BCUT2D eigenvalue weighted by atomic mass is 16.1. The third kappa shape index (κ3) is 2.79. The molecule has 0 aliphatic heterocycles. The fourth-order valence-corrected chi connectivity index (χ4v) is 2.37. The number of aromatic nitrogens is 2. The number of H-pyrrole nitrogens is 1. The number of para-hydroxylation sites is 1. The minimum atomic E-state index is -0.143. The monoisotopic (exact) mass is 279 g/mol. The molecule has 0 aliphatic rings. The number of amides is 1. The van der Waals surface area contributed by atoms with E-state index >= 15 is 0 Å². The van der Waals surface area contributed by atoms with Gasteiger partial charge < -0.3 is 5.32 Å². The first-order valence-corrected chi connectivity index (χ1v) is 7.02. The van der Waals surface area contributed by atoms with Crippen LogP contribution in [0.15, 0.2) is 54.6 Å². The van der Waals surface area contributed by atoms with Gasteiger partial charge in [0.05, 0.1) is 5.52 Å². The summed E-state index contributed by atoms with van der Waals surface area (Å²) in [6.07, 6.45) is 0. The van der Waals surface area contributed by atoms with E-state index in [0.29, 0.717) is 12.2 Å². The largest absolute Gasteiger partial charge is 0.350 e. The van der Waals surface area contributed by atoms with Crippen molar-refractivity contribution in [2.45, 2.75) is 12.8 Å². The Kier molecular flexibility index (Phi) is 3.69. The Labute approximate surface area is 123 Å². The second-order valence-electron chi connectivity index (χ2n) is 5.14. The van der Waals surface area contributed by atoms with Crippen LogP contribution in [0.1, 0.15) is 28.9 Å². The van der Waals surface area contributed by atoms with Crippen LogP contribution in [0, 0.1) is 0 Å². The molecule has 2 aromatic carbocycles. The van der Waals surface area contributed by atoms with Gasteiger partial charge >= 0.3 is 0 Å². The minimum absolute atomic E-state index is 0.143. The highest BCUT2D eigenvalue weighted by Crippen LogP contribution is 2.16. The summed E-state index contributed by atoms with van der Waals surface area (Å²) in [5, 5.41) is 10.8. The van der Waals surface area contributed by atoms with Gasteiger partial charge in [-0.2, -0.15) is 5.10 Å². The summed E-state index contributed by atoms with van der Waals surface area (Å²) >= 11 is 0. The van der Waals surface area contributed by atoms with Crippen LogP contribution in [0.5, 0.6) is 0 Å². The lowest BCUT2D eigenvalue weighted by molar-refractivity contribution is 0.0948. The maximum atomic E-state index is 12.3. The Hall–Kier alpha value is -2.62. The van der Waals surface area contributed by atoms with Crippen LogP contribution in [-0.2, 0) is 0 Å². The molecule has 1 heterocycles. The highest BCUT2D eigenvalue weighted by Gasteiger charge is 2.14. The minimum Gasteiger partial charge on any atom is -0.350 e. The lowest BCUT2D eigenvalue weighted by Crippen LogP contribution is -2.28. The molecule has 4 heteroatoms. The molecule has 0 radical (unpaired) electrons. The third-order valence-corrected chi connectivity index (χ3v) is 3.62. The van der Waals surface area contributed by atoms with Crippen LogP contribution in [-0.4, -0.2) is 22.6 Å². The molecule has 3 rings (SSSR count). The number of hydrogen-bond donors (Lipinski definition) is 2. The van der Waals surface area contributed by atoms with Crippen LogP contribution in [0.2, 0.25) is 0 Å². The van der Waals surface area contributed by atoms with Crippen LogP contribution < -0.4 is 5.32 Å². The molecule has 0 aliphatic carbocycles. The fraction of sp³-hybridized carbons (Fsp3) is 0.176. The summed E-state index contributed by atoms with van der Waals surface area (Å²) in [6.45, 7) is 2.68. The van der Waals surface area contributed by atoms with E-state index in [1.807, 2.05) is 42.5 Å². The fourth-order valence-electron chi connectivity index (χ4n) is 2.37. The van der Waals surface area contributed by atoms with Crippen molar-refractivity contribution < 1.29 is 4.79 Å². The first-order chi connectivity index (χ1) is 10.3. The molecular formula is C17H17N3O. The molecule has 0 bridgehead atoms. The van der Waals surface area contributed by atoms with Crippen LogP contribution >= 0.6 is 0 Å². The summed E-state index contributed by atoms with van der Waals surface area (Å²) in [7, 11) is 0. The quantitative estimate of drug-likeness (QED) is 0.771. The first kappa shape index (κ1) is 13.4. The van der Waals surface area contributed by atoms with E-state index in [0.717, 1.165) is 10.9 Å². The van der Waals surface area contributed by atoms with Gasteiger partial charge in [-0.1, -0.05) is 55.5 Å². The molecule has 0 saturated heterocycles. The zero-order valence-corrected chi connectivity index (χ0v) is 11.8. The van der Waals surface area contributed by atoms with Crippen molar-refractivity contribution in [2.75, 3.05) is 6.54 Å². The molecule has 106 valence electrons. The van der Waals surface area contributed by atoms with E-state index in [2.05, 4.69) is 34.6 Å². The van der Waals surface area contributed by atoms with Gasteiger partial charge in [-0.25, -0.2) is 0 Å². The van der Waals surface area contributed by atoms with E-state index < -0.39 is 0 Å².